The Bertz CT molecular complexity index is 896. The number of rotatable bonds is 1. The largest absolute Gasteiger partial charge is 0.444 e. The second-order valence-electron chi connectivity index (χ2n) is 8.49. The van der Waals surface area contributed by atoms with E-state index in [1.54, 1.807) is 27.7 Å². The van der Waals surface area contributed by atoms with E-state index in [2.05, 4.69) is 10.2 Å². The zero-order valence-corrected chi connectivity index (χ0v) is 16.7. The number of hydrogen-bond donors (Lipinski definition) is 1. The van der Waals surface area contributed by atoms with E-state index in [1.165, 1.54) is 0 Å². The summed E-state index contributed by atoms with van der Waals surface area (Å²) in [5, 5.41) is 11.9. The van der Waals surface area contributed by atoms with E-state index in [0.717, 1.165) is 17.0 Å². The molecule has 9 heteroatoms. The summed E-state index contributed by atoms with van der Waals surface area (Å²) < 4.78 is 7.30. The van der Waals surface area contributed by atoms with E-state index in [1.807, 2.05) is 26.8 Å². The van der Waals surface area contributed by atoms with Gasteiger partial charge in [-0.15, -0.1) is 0 Å². The Morgan fingerprint density at radius 2 is 2.11 bits per heavy atom. The number of aromatic nitrogens is 4. The van der Waals surface area contributed by atoms with Gasteiger partial charge in [0.1, 0.15) is 11.3 Å². The predicted molar refractivity (Wildman–Crippen MR) is 101 cm³/mol. The molecule has 1 unspecified atom stereocenters. The molecule has 0 aliphatic carbocycles. The number of likely N-dealkylation sites (N-methyl/N-ethyl adjacent to an activating group) is 1. The minimum Gasteiger partial charge on any atom is -0.444 e. The van der Waals surface area contributed by atoms with Gasteiger partial charge in [0.15, 0.2) is 0 Å². The van der Waals surface area contributed by atoms with Crippen LogP contribution in [0.2, 0.25) is 0 Å². The van der Waals surface area contributed by atoms with Crippen LogP contribution in [0.1, 0.15) is 54.1 Å². The summed E-state index contributed by atoms with van der Waals surface area (Å²) in [5.74, 6) is -0.0115. The molecule has 2 aromatic heterocycles. The SMILES string of the molecule is CN1CC(c2cc[nH]n2)Cn2nc3c(c2C1=O)CN(C(=O)OC(C)(C)C)CC3. The van der Waals surface area contributed by atoms with Gasteiger partial charge in [0, 0.05) is 44.2 Å². The Hall–Kier alpha value is -2.84. The zero-order chi connectivity index (χ0) is 20.1. The van der Waals surface area contributed by atoms with Crippen molar-refractivity contribution in [2.24, 2.45) is 0 Å². The Morgan fingerprint density at radius 1 is 1.32 bits per heavy atom. The lowest BCUT2D eigenvalue weighted by molar-refractivity contribution is 0.0222. The van der Waals surface area contributed by atoms with Crippen molar-refractivity contribution in [3.63, 3.8) is 0 Å². The maximum Gasteiger partial charge on any atom is 0.410 e. The van der Waals surface area contributed by atoms with E-state index in [-0.39, 0.29) is 17.9 Å². The molecule has 0 aromatic carbocycles. The van der Waals surface area contributed by atoms with Crippen LogP contribution in [-0.2, 0) is 24.2 Å². The van der Waals surface area contributed by atoms with Crippen LogP contribution in [-0.4, -0.2) is 67.5 Å². The van der Waals surface area contributed by atoms with Crippen molar-refractivity contribution < 1.29 is 14.3 Å². The van der Waals surface area contributed by atoms with Gasteiger partial charge < -0.3 is 14.5 Å². The summed E-state index contributed by atoms with van der Waals surface area (Å²) in [6.07, 6.45) is 2.04. The van der Waals surface area contributed by atoms with Gasteiger partial charge in [-0.2, -0.15) is 10.2 Å². The molecule has 0 saturated heterocycles. The second-order valence-corrected chi connectivity index (χ2v) is 8.49. The van der Waals surface area contributed by atoms with Crippen molar-refractivity contribution in [3.8, 4) is 0 Å². The first-order chi connectivity index (χ1) is 13.2. The molecule has 2 aliphatic heterocycles. The van der Waals surface area contributed by atoms with Crippen LogP contribution in [0.5, 0.6) is 0 Å². The van der Waals surface area contributed by atoms with E-state index in [0.29, 0.717) is 38.3 Å². The number of carbonyl (C=O) groups is 2. The molecular weight excluding hydrogens is 360 g/mol. The molecule has 28 heavy (non-hydrogen) atoms. The maximum atomic E-state index is 13.1. The van der Waals surface area contributed by atoms with Crippen LogP contribution in [0.3, 0.4) is 0 Å². The van der Waals surface area contributed by atoms with Gasteiger partial charge in [-0.05, 0) is 26.8 Å². The van der Waals surface area contributed by atoms with Crippen LogP contribution < -0.4 is 0 Å². The standard InChI is InChI=1S/C19H26N6O3/c1-19(2,3)28-18(27)24-8-6-15-13(11-24)16-17(26)23(4)9-12(10-25(16)22-15)14-5-7-20-21-14/h5,7,12H,6,8-11H2,1-4H3,(H,20,21). The Kier molecular flexibility index (Phi) is 4.40. The number of nitrogens with one attached hydrogen (secondary N) is 1. The summed E-state index contributed by atoms with van der Waals surface area (Å²) in [7, 11) is 1.80. The molecule has 2 amide bonds. The van der Waals surface area contributed by atoms with Crippen LogP contribution in [0, 0.1) is 0 Å². The van der Waals surface area contributed by atoms with Crippen LogP contribution in [0.15, 0.2) is 12.3 Å². The van der Waals surface area contributed by atoms with Crippen molar-refractivity contribution in [1.82, 2.24) is 29.8 Å². The Morgan fingerprint density at radius 3 is 2.79 bits per heavy atom. The number of amides is 2. The lowest BCUT2D eigenvalue weighted by Crippen LogP contribution is -2.40. The summed E-state index contributed by atoms with van der Waals surface area (Å²) in [6.45, 7) is 7.56. The fourth-order valence-corrected chi connectivity index (χ4v) is 3.83. The molecule has 2 aromatic rings. The molecule has 1 atom stereocenters. The molecule has 0 bridgehead atoms. The fraction of sp³-hybridized carbons (Fsp3) is 0.579. The van der Waals surface area contributed by atoms with E-state index < -0.39 is 5.60 Å². The lowest BCUT2D eigenvalue weighted by Gasteiger charge is -2.30. The van der Waals surface area contributed by atoms with Gasteiger partial charge >= 0.3 is 6.09 Å². The van der Waals surface area contributed by atoms with Gasteiger partial charge in [0.2, 0.25) is 0 Å². The summed E-state index contributed by atoms with van der Waals surface area (Å²) >= 11 is 0. The van der Waals surface area contributed by atoms with Crippen molar-refractivity contribution in [1.29, 1.82) is 0 Å². The number of hydrogen-bond acceptors (Lipinski definition) is 5. The Labute approximate surface area is 163 Å². The molecular formula is C19H26N6O3. The first-order valence-electron chi connectivity index (χ1n) is 9.54. The minimum atomic E-state index is -0.555. The molecule has 0 saturated carbocycles. The summed E-state index contributed by atoms with van der Waals surface area (Å²) in [6, 6.07) is 1.93. The lowest BCUT2D eigenvalue weighted by atomic mass is 10.0. The monoisotopic (exact) mass is 386 g/mol. The quantitative estimate of drug-likeness (QED) is 0.806. The average molecular weight is 386 g/mol. The molecule has 9 nitrogen and oxygen atoms in total. The summed E-state index contributed by atoms with van der Waals surface area (Å²) in [5.41, 5.74) is 2.65. The predicted octanol–water partition coefficient (Wildman–Crippen LogP) is 1.77. The number of ether oxygens (including phenoxy) is 1. The minimum absolute atomic E-state index is 0.0600. The smallest absolute Gasteiger partial charge is 0.410 e. The third kappa shape index (κ3) is 3.36. The first kappa shape index (κ1) is 18.5. The summed E-state index contributed by atoms with van der Waals surface area (Å²) in [4.78, 5) is 29.0. The van der Waals surface area contributed by atoms with Crippen molar-refractivity contribution in [2.75, 3.05) is 20.1 Å². The van der Waals surface area contributed by atoms with Crippen LogP contribution in [0.25, 0.3) is 0 Å². The highest BCUT2D eigenvalue weighted by Crippen LogP contribution is 2.29. The highest BCUT2D eigenvalue weighted by Gasteiger charge is 2.36. The molecule has 4 heterocycles. The highest BCUT2D eigenvalue weighted by atomic mass is 16.6. The van der Waals surface area contributed by atoms with Crippen molar-refractivity contribution >= 4 is 12.0 Å². The van der Waals surface area contributed by atoms with Crippen molar-refractivity contribution in [2.45, 2.75) is 51.8 Å². The molecule has 2 aliphatic rings. The molecule has 4 rings (SSSR count). The third-order valence-electron chi connectivity index (χ3n) is 5.13. The second kappa shape index (κ2) is 6.65. The van der Waals surface area contributed by atoms with Gasteiger partial charge in [0.05, 0.1) is 24.5 Å². The fourth-order valence-electron chi connectivity index (χ4n) is 3.83. The average Bonchev–Trinajstić information content (AvgIpc) is 3.23. The van der Waals surface area contributed by atoms with Gasteiger partial charge in [-0.1, -0.05) is 0 Å². The third-order valence-corrected chi connectivity index (χ3v) is 5.13. The van der Waals surface area contributed by atoms with E-state index >= 15 is 0 Å². The number of H-pyrrole nitrogens is 1. The number of carbonyl (C=O) groups excluding carboxylic acids is 2. The van der Waals surface area contributed by atoms with E-state index in [9.17, 15) is 9.59 Å². The van der Waals surface area contributed by atoms with Gasteiger partial charge in [-0.25, -0.2) is 4.79 Å². The Balaban J connectivity index is 1.64. The molecule has 1 N–H and O–H groups in total. The first-order valence-corrected chi connectivity index (χ1v) is 9.54. The zero-order valence-electron chi connectivity index (χ0n) is 16.7. The molecule has 150 valence electrons. The maximum absolute atomic E-state index is 13.1. The van der Waals surface area contributed by atoms with E-state index in [4.69, 9.17) is 9.84 Å². The highest BCUT2D eigenvalue weighted by molar-refractivity contribution is 5.94. The topological polar surface area (TPSA) is 96.4 Å². The normalized spacial score (nSPS) is 19.9. The van der Waals surface area contributed by atoms with Gasteiger partial charge in [-0.3, -0.25) is 14.6 Å². The number of nitrogens with zero attached hydrogens (tertiary/aromatic N) is 5. The van der Waals surface area contributed by atoms with Crippen LogP contribution >= 0.6 is 0 Å². The number of aromatic amines is 1. The van der Waals surface area contributed by atoms with Crippen molar-refractivity contribution in [3.05, 3.63) is 34.9 Å². The molecule has 0 fully saturated rings. The van der Waals surface area contributed by atoms with Crippen LogP contribution in [0.4, 0.5) is 4.79 Å². The van der Waals surface area contributed by atoms with Gasteiger partial charge in [0.25, 0.3) is 5.91 Å². The molecule has 0 radical (unpaired) electrons. The number of fused-ring (bicyclic) bond motifs is 3. The molecule has 0 spiro atoms.